The van der Waals surface area contributed by atoms with E-state index in [0.29, 0.717) is 11.3 Å². The minimum absolute atomic E-state index is 0.0636. The van der Waals surface area contributed by atoms with Crippen molar-refractivity contribution in [2.24, 2.45) is 0 Å². The van der Waals surface area contributed by atoms with Crippen LogP contribution >= 0.6 is 0 Å². The number of rotatable bonds is 2. The van der Waals surface area contributed by atoms with Gasteiger partial charge in [0.25, 0.3) is 0 Å². The van der Waals surface area contributed by atoms with E-state index in [1.165, 1.54) is 0 Å². The average Bonchev–Trinajstić information content (AvgIpc) is 2.71. The Morgan fingerprint density at radius 3 is 2.60 bits per heavy atom. The monoisotopic (exact) mass is 208 g/mol. The van der Waals surface area contributed by atoms with Gasteiger partial charge >= 0.3 is 0 Å². The normalized spacial score (nSPS) is 25.8. The average molecular weight is 208 g/mol. The highest BCUT2D eigenvalue weighted by Crippen LogP contribution is 2.24. The second kappa shape index (κ2) is 3.81. The van der Waals surface area contributed by atoms with E-state index in [9.17, 15) is 4.79 Å². The van der Waals surface area contributed by atoms with Crippen LogP contribution in [0.2, 0.25) is 0 Å². The number of Topliss-reactive ketones (excluding diaryl/α,β-unsaturated/α-hetero) is 1. The fourth-order valence-corrected chi connectivity index (χ4v) is 2.04. The fraction of sp³-hybridized carbons (Fsp3) is 0.583. The van der Waals surface area contributed by atoms with Gasteiger partial charge in [0.2, 0.25) is 0 Å². The first-order valence-corrected chi connectivity index (χ1v) is 5.34. The van der Waals surface area contributed by atoms with Gasteiger partial charge in [-0.25, -0.2) is 0 Å². The molecule has 2 atom stereocenters. The Bertz CT molecular complexity index is 378. The van der Waals surface area contributed by atoms with Crippen molar-refractivity contribution in [1.82, 2.24) is 0 Å². The molecule has 15 heavy (non-hydrogen) atoms. The Labute approximate surface area is 89.4 Å². The summed E-state index contributed by atoms with van der Waals surface area (Å²) in [7, 11) is 0. The molecule has 0 saturated carbocycles. The summed E-state index contributed by atoms with van der Waals surface area (Å²) in [6.45, 7) is 5.67. The lowest BCUT2D eigenvalue weighted by molar-refractivity contribution is 0.0432. The minimum Gasteiger partial charge on any atom is -0.466 e. The smallest absolute Gasteiger partial charge is 0.195 e. The van der Waals surface area contributed by atoms with E-state index >= 15 is 0 Å². The molecule has 2 rings (SSSR count). The van der Waals surface area contributed by atoms with Crippen molar-refractivity contribution in [1.29, 1.82) is 0 Å². The molecule has 0 N–H and O–H groups in total. The maximum absolute atomic E-state index is 12.0. The summed E-state index contributed by atoms with van der Waals surface area (Å²) in [6.07, 6.45) is 1.72. The predicted octanol–water partition coefficient (Wildman–Crippen LogP) is 2.65. The van der Waals surface area contributed by atoms with Gasteiger partial charge in [-0.1, -0.05) is 0 Å². The molecular formula is C12H16O3. The Morgan fingerprint density at radius 1 is 1.40 bits per heavy atom. The Balaban J connectivity index is 2.17. The fourth-order valence-electron chi connectivity index (χ4n) is 2.04. The van der Waals surface area contributed by atoms with Crippen LogP contribution in [0.15, 0.2) is 10.5 Å². The van der Waals surface area contributed by atoms with E-state index < -0.39 is 0 Å². The Kier molecular flexibility index (Phi) is 2.65. The van der Waals surface area contributed by atoms with Gasteiger partial charge in [-0.2, -0.15) is 0 Å². The second-order valence-electron chi connectivity index (χ2n) is 4.20. The van der Waals surface area contributed by atoms with Gasteiger partial charge in [0.15, 0.2) is 5.78 Å². The van der Waals surface area contributed by atoms with Crippen molar-refractivity contribution in [2.45, 2.75) is 45.8 Å². The summed E-state index contributed by atoms with van der Waals surface area (Å²) in [5.41, 5.74) is 0.673. The van der Waals surface area contributed by atoms with E-state index in [-0.39, 0.29) is 18.0 Å². The van der Waals surface area contributed by atoms with E-state index in [2.05, 4.69) is 0 Å². The van der Waals surface area contributed by atoms with Crippen LogP contribution in [0, 0.1) is 13.8 Å². The third kappa shape index (κ3) is 1.97. The van der Waals surface area contributed by atoms with Crippen LogP contribution in [0.3, 0.4) is 0 Å². The number of ether oxygens (including phenoxy) is 1. The highest BCUT2D eigenvalue weighted by molar-refractivity contribution is 6.00. The highest BCUT2D eigenvalue weighted by atomic mass is 16.5. The summed E-state index contributed by atoms with van der Waals surface area (Å²) in [6, 6.07) is 1.80. The summed E-state index contributed by atoms with van der Waals surface area (Å²) >= 11 is 0. The summed E-state index contributed by atoms with van der Waals surface area (Å²) in [5, 5.41) is 0. The molecule has 1 aromatic heterocycles. The quantitative estimate of drug-likeness (QED) is 0.701. The lowest BCUT2D eigenvalue weighted by Gasteiger charge is -2.08. The number of aryl methyl sites for hydroxylation is 2. The SMILES string of the molecule is Cc1cc(C(=O)C2CCC(C)O2)c(C)o1. The molecule has 1 aliphatic rings. The summed E-state index contributed by atoms with van der Waals surface area (Å²) < 4.78 is 10.9. The van der Waals surface area contributed by atoms with Crippen molar-refractivity contribution in [3.63, 3.8) is 0 Å². The third-order valence-corrected chi connectivity index (χ3v) is 2.83. The molecule has 0 radical (unpaired) electrons. The van der Waals surface area contributed by atoms with E-state index in [1.807, 2.05) is 20.8 Å². The zero-order chi connectivity index (χ0) is 11.0. The zero-order valence-corrected chi connectivity index (χ0v) is 9.37. The van der Waals surface area contributed by atoms with Crippen LogP contribution in [0.4, 0.5) is 0 Å². The molecule has 1 saturated heterocycles. The van der Waals surface area contributed by atoms with Crippen LogP contribution in [-0.2, 0) is 4.74 Å². The predicted molar refractivity (Wildman–Crippen MR) is 56.1 cm³/mol. The summed E-state index contributed by atoms with van der Waals surface area (Å²) in [5.74, 6) is 1.54. The first-order valence-electron chi connectivity index (χ1n) is 5.34. The van der Waals surface area contributed by atoms with Crippen LogP contribution in [0.1, 0.15) is 41.6 Å². The Morgan fingerprint density at radius 2 is 2.13 bits per heavy atom. The number of carbonyl (C=O) groups is 1. The molecule has 2 unspecified atom stereocenters. The molecule has 1 aromatic rings. The molecule has 82 valence electrons. The molecule has 3 nitrogen and oxygen atoms in total. The number of carbonyl (C=O) groups excluding carboxylic acids is 1. The number of hydrogen-bond acceptors (Lipinski definition) is 3. The standard InChI is InChI=1S/C12H16O3/c1-7-4-5-11(15-7)12(13)10-6-8(2)14-9(10)3/h6-7,11H,4-5H2,1-3H3. The molecule has 2 heterocycles. The molecule has 0 aliphatic carbocycles. The van der Waals surface area contributed by atoms with Gasteiger partial charge in [-0.15, -0.1) is 0 Å². The van der Waals surface area contributed by atoms with E-state index in [4.69, 9.17) is 9.15 Å². The maximum atomic E-state index is 12.0. The third-order valence-electron chi connectivity index (χ3n) is 2.83. The molecule has 0 spiro atoms. The topological polar surface area (TPSA) is 39.4 Å². The second-order valence-corrected chi connectivity index (χ2v) is 4.20. The van der Waals surface area contributed by atoms with Crippen molar-refractivity contribution in [3.8, 4) is 0 Å². The molecule has 1 aliphatic heterocycles. The Hall–Kier alpha value is -1.09. The lowest BCUT2D eigenvalue weighted by atomic mass is 10.0. The van der Waals surface area contributed by atoms with Gasteiger partial charge in [-0.3, -0.25) is 4.79 Å². The van der Waals surface area contributed by atoms with Crippen molar-refractivity contribution in [2.75, 3.05) is 0 Å². The highest BCUT2D eigenvalue weighted by Gasteiger charge is 2.30. The first kappa shape index (κ1) is 10.4. The van der Waals surface area contributed by atoms with E-state index in [0.717, 1.165) is 18.6 Å². The van der Waals surface area contributed by atoms with Gasteiger partial charge < -0.3 is 9.15 Å². The largest absolute Gasteiger partial charge is 0.466 e. The maximum Gasteiger partial charge on any atom is 0.195 e. The van der Waals surface area contributed by atoms with Gasteiger partial charge in [0.1, 0.15) is 17.6 Å². The first-order chi connectivity index (χ1) is 7.08. The van der Waals surface area contributed by atoms with Gasteiger partial charge in [0, 0.05) is 0 Å². The van der Waals surface area contributed by atoms with Crippen molar-refractivity contribution >= 4 is 5.78 Å². The van der Waals surface area contributed by atoms with Crippen molar-refractivity contribution < 1.29 is 13.9 Å². The number of hydrogen-bond donors (Lipinski definition) is 0. The van der Waals surface area contributed by atoms with Crippen LogP contribution < -0.4 is 0 Å². The molecule has 0 amide bonds. The molecular weight excluding hydrogens is 192 g/mol. The molecule has 0 aromatic carbocycles. The van der Waals surface area contributed by atoms with Crippen LogP contribution in [-0.4, -0.2) is 18.0 Å². The lowest BCUT2D eigenvalue weighted by Crippen LogP contribution is -2.20. The van der Waals surface area contributed by atoms with E-state index in [1.54, 1.807) is 6.07 Å². The molecule has 3 heteroatoms. The number of furan rings is 1. The van der Waals surface area contributed by atoms with Gasteiger partial charge in [-0.05, 0) is 39.7 Å². The van der Waals surface area contributed by atoms with Crippen molar-refractivity contribution in [3.05, 3.63) is 23.2 Å². The zero-order valence-electron chi connectivity index (χ0n) is 9.37. The van der Waals surface area contributed by atoms with Crippen LogP contribution in [0.5, 0.6) is 0 Å². The minimum atomic E-state index is -0.268. The van der Waals surface area contributed by atoms with Gasteiger partial charge in [0.05, 0.1) is 11.7 Å². The molecule has 0 bridgehead atoms. The number of ketones is 1. The summed E-state index contributed by atoms with van der Waals surface area (Å²) in [4.78, 5) is 12.0. The van der Waals surface area contributed by atoms with Crippen LogP contribution in [0.25, 0.3) is 0 Å². The molecule has 1 fully saturated rings.